The molecule has 5 aliphatic rings. The van der Waals surface area contributed by atoms with Crippen LogP contribution in [0.2, 0.25) is 0 Å². The van der Waals surface area contributed by atoms with Gasteiger partial charge in [0.2, 0.25) is 17.7 Å². The predicted octanol–water partition coefficient (Wildman–Crippen LogP) is 1.62. The second-order valence-corrected chi connectivity index (χ2v) is 14.3. The third kappa shape index (κ3) is 5.03. The largest absolute Gasteiger partial charge is 0.394 e. The summed E-state index contributed by atoms with van der Waals surface area (Å²) in [5.74, 6) is -1.25. The molecule has 1 N–H and O–H groups in total. The van der Waals surface area contributed by atoms with Crippen molar-refractivity contribution in [3.8, 4) is 0 Å². The maximum atomic E-state index is 14.6. The second-order valence-electron chi connectivity index (χ2n) is 12.5. The molecule has 0 aromatic rings. The maximum absolute atomic E-state index is 14.6. The summed E-state index contributed by atoms with van der Waals surface area (Å²) in [5.41, 5.74) is 0. The van der Waals surface area contributed by atoms with Crippen molar-refractivity contribution in [3.05, 3.63) is 24.3 Å². The smallest absolute Gasteiger partial charge is 0.247 e. The Hall–Kier alpha value is -1.88. The number of morpholine rings is 1. The predicted molar refractivity (Wildman–Crippen MR) is 156 cm³/mol. The molecule has 3 saturated heterocycles. The quantitative estimate of drug-likeness (QED) is 0.419. The Morgan fingerprint density at radius 3 is 2.30 bits per heavy atom. The first-order chi connectivity index (χ1) is 19.2. The van der Waals surface area contributed by atoms with Gasteiger partial charge in [-0.1, -0.05) is 45.1 Å². The van der Waals surface area contributed by atoms with Crippen molar-refractivity contribution >= 4 is 29.5 Å². The number of hydrogen-bond donors (Lipinski definition) is 1. The molecule has 0 radical (unpaired) electrons. The molecule has 9 nitrogen and oxygen atoms in total. The van der Waals surface area contributed by atoms with Crippen LogP contribution >= 0.6 is 11.8 Å². The van der Waals surface area contributed by atoms with Crippen LogP contribution in [0.1, 0.15) is 40.5 Å². The van der Waals surface area contributed by atoms with Crippen molar-refractivity contribution in [2.75, 3.05) is 65.6 Å². The summed E-state index contributed by atoms with van der Waals surface area (Å²) >= 11 is 1.62. The number of aliphatic hydroxyl groups is 1. The third-order valence-corrected chi connectivity index (χ3v) is 11.1. The Labute approximate surface area is 242 Å². The van der Waals surface area contributed by atoms with Crippen molar-refractivity contribution in [2.45, 2.75) is 62.1 Å². The van der Waals surface area contributed by atoms with Gasteiger partial charge in [0.15, 0.2) is 0 Å². The number of likely N-dealkylation sites (tertiary alicyclic amines) is 1. The normalized spacial score (nSPS) is 35.2. The number of fused-ring (bicyclic) bond motifs is 2. The van der Waals surface area contributed by atoms with Gasteiger partial charge in [-0.25, -0.2) is 0 Å². The summed E-state index contributed by atoms with van der Waals surface area (Å²) in [6.07, 6.45) is 9.71. The Bertz CT molecular complexity index is 1050. The van der Waals surface area contributed by atoms with Crippen LogP contribution in [0.5, 0.6) is 0 Å². The number of nitrogens with zero attached hydrogens (tertiary/aromatic N) is 4. The SMILES string of the molecule is CCCN1CC=C[C@@]2(C)S[C@]34C=CCN(CCN5CCOCC5)C(=O)C3N([C@@H](CO)CC(C)C)C(=O)[C@@H]4[C@H]2C1=O. The fraction of sp³-hybridized carbons (Fsp3) is 0.767. The molecule has 5 rings (SSSR count). The first-order valence-corrected chi connectivity index (χ1v) is 15.8. The molecule has 3 fully saturated rings. The molecule has 1 spiro atoms. The van der Waals surface area contributed by atoms with Crippen LogP contribution in [-0.4, -0.2) is 130 Å². The maximum Gasteiger partial charge on any atom is 0.247 e. The van der Waals surface area contributed by atoms with E-state index < -0.39 is 33.4 Å². The lowest BCUT2D eigenvalue weighted by Crippen LogP contribution is -2.57. The molecular formula is C30H46N4O5S. The summed E-state index contributed by atoms with van der Waals surface area (Å²) in [6.45, 7) is 14.1. The average Bonchev–Trinajstić information content (AvgIpc) is 3.21. The number of carbonyl (C=O) groups is 3. The highest BCUT2D eigenvalue weighted by Crippen LogP contribution is 2.65. The highest BCUT2D eigenvalue weighted by molar-refractivity contribution is 8.02. The molecule has 0 bridgehead atoms. The highest BCUT2D eigenvalue weighted by atomic mass is 32.2. The van der Waals surface area contributed by atoms with E-state index in [1.807, 2.05) is 15.9 Å². The standard InChI is InChI=1S/C30H46N4O5S/c1-5-10-32-11-6-8-29(4)23(26(32)36)24-27(37)34(22(20-35)19-21(2)3)25-28(38)33(12-7-9-30(24,25)40-29)14-13-31-15-17-39-18-16-31/h6-9,21-25,35H,5,10-20H2,1-4H3/t22-,23+,24+,25?,29-,30+/m1/s1. The molecule has 222 valence electrons. The van der Waals surface area contributed by atoms with Crippen LogP contribution in [-0.2, 0) is 19.1 Å². The minimum atomic E-state index is -0.874. The molecule has 5 heterocycles. The summed E-state index contributed by atoms with van der Waals surface area (Å²) in [5, 5.41) is 10.5. The van der Waals surface area contributed by atoms with Gasteiger partial charge in [-0.3, -0.25) is 19.3 Å². The molecule has 5 aliphatic heterocycles. The number of ether oxygens (including phenoxy) is 1. The van der Waals surface area contributed by atoms with Crippen LogP contribution in [0.3, 0.4) is 0 Å². The van der Waals surface area contributed by atoms with Gasteiger partial charge in [-0.15, -0.1) is 11.8 Å². The van der Waals surface area contributed by atoms with Gasteiger partial charge < -0.3 is 24.5 Å². The molecule has 1 unspecified atom stereocenters. The Kier molecular flexibility index (Phi) is 8.72. The summed E-state index contributed by atoms with van der Waals surface area (Å²) in [4.78, 5) is 51.0. The van der Waals surface area contributed by atoms with Gasteiger partial charge >= 0.3 is 0 Å². The fourth-order valence-electron chi connectivity index (χ4n) is 7.53. The van der Waals surface area contributed by atoms with Crippen molar-refractivity contribution in [1.82, 2.24) is 19.6 Å². The average molecular weight is 575 g/mol. The molecule has 0 aromatic carbocycles. The van der Waals surface area contributed by atoms with Crippen LogP contribution in [0.25, 0.3) is 0 Å². The first kappa shape index (κ1) is 29.6. The number of carbonyl (C=O) groups excluding carboxylic acids is 3. The van der Waals surface area contributed by atoms with Gasteiger partial charge in [0.25, 0.3) is 0 Å². The van der Waals surface area contributed by atoms with E-state index in [4.69, 9.17) is 4.74 Å². The van der Waals surface area contributed by atoms with E-state index in [1.54, 1.807) is 16.7 Å². The second kappa shape index (κ2) is 11.8. The minimum Gasteiger partial charge on any atom is -0.394 e. The number of aliphatic hydroxyl groups excluding tert-OH is 1. The van der Waals surface area contributed by atoms with Crippen LogP contribution in [0, 0.1) is 17.8 Å². The Balaban J connectivity index is 1.55. The fourth-order valence-corrected chi connectivity index (χ4v) is 9.67. The molecular weight excluding hydrogens is 528 g/mol. The monoisotopic (exact) mass is 574 g/mol. The van der Waals surface area contributed by atoms with Crippen LogP contribution in [0.4, 0.5) is 0 Å². The van der Waals surface area contributed by atoms with Crippen molar-refractivity contribution in [2.24, 2.45) is 17.8 Å². The molecule has 3 amide bonds. The van der Waals surface area contributed by atoms with E-state index >= 15 is 0 Å². The van der Waals surface area contributed by atoms with E-state index in [9.17, 15) is 19.5 Å². The van der Waals surface area contributed by atoms with Crippen molar-refractivity contribution in [1.29, 1.82) is 0 Å². The third-order valence-electron chi connectivity index (χ3n) is 9.29. The number of rotatable bonds is 9. The van der Waals surface area contributed by atoms with Crippen LogP contribution in [0.15, 0.2) is 24.3 Å². The molecule has 0 saturated carbocycles. The van der Waals surface area contributed by atoms with Gasteiger partial charge in [0.1, 0.15) is 6.04 Å². The first-order valence-electron chi connectivity index (χ1n) is 15.0. The molecule has 10 heteroatoms. The lowest BCUT2D eigenvalue weighted by Gasteiger charge is -2.40. The zero-order chi connectivity index (χ0) is 28.7. The lowest BCUT2D eigenvalue weighted by molar-refractivity contribution is -0.147. The Morgan fingerprint density at radius 1 is 0.975 bits per heavy atom. The topological polar surface area (TPSA) is 93.6 Å². The van der Waals surface area contributed by atoms with Crippen LogP contribution < -0.4 is 0 Å². The number of hydrogen-bond acceptors (Lipinski definition) is 7. The van der Waals surface area contributed by atoms with E-state index in [0.717, 1.165) is 26.1 Å². The van der Waals surface area contributed by atoms with Gasteiger partial charge in [-0.05, 0) is 25.7 Å². The lowest BCUT2D eigenvalue weighted by atomic mass is 9.74. The molecule has 6 atom stereocenters. The Morgan fingerprint density at radius 2 is 1.65 bits per heavy atom. The van der Waals surface area contributed by atoms with Crippen molar-refractivity contribution in [3.63, 3.8) is 0 Å². The molecule has 0 aliphatic carbocycles. The molecule has 40 heavy (non-hydrogen) atoms. The van der Waals surface area contributed by atoms with E-state index in [2.05, 4.69) is 50.8 Å². The summed E-state index contributed by atoms with van der Waals surface area (Å²) in [6, 6.07) is -1.24. The molecule has 0 aromatic heterocycles. The minimum absolute atomic E-state index is 0.00338. The van der Waals surface area contributed by atoms with E-state index in [-0.39, 0.29) is 30.2 Å². The van der Waals surface area contributed by atoms with E-state index in [1.165, 1.54) is 0 Å². The summed E-state index contributed by atoms with van der Waals surface area (Å²) in [7, 11) is 0. The van der Waals surface area contributed by atoms with Gasteiger partial charge in [-0.2, -0.15) is 0 Å². The van der Waals surface area contributed by atoms with Crippen molar-refractivity contribution < 1.29 is 24.2 Å². The zero-order valence-corrected chi connectivity index (χ0v) is 25.3. The number of amides is 3. The van der Waals surface area contributed by atoms with Gasteiger partial charge in [0.05, 0.1) is 42.4 Å². The highest BCUT2D eigenvalue weighted by Gasteiger charge is 2.74. The summed E-state index contributed by atoms with van der Waals surface area (Å²) < 4.78 is 4.01. The van der Waals surface area contributed by atoms with Gasteiger partial charge in [0, 0.05) is 50.6 Å². The zero-order valence-electron chi connectivity index (χ0n) is 24.5. The van der Waals surface area contributed by atoms with E-state index in [0.29, 0.717) is 45.8 Å². The number of thioether (sulfide) groups is 1.